The third-order valence-corrected chi connectivity index (χ3v) is 2.77. The molecule has 1 rings (SSSR count). The lowest BCUT2D eigenvalue weighted by Crippen LogP contribution is -2.24. The molecule has 0 radical (unpaired) electrons. The summed E-state index contributed by atoms with van der Waals surface area (Å²) in [6.07, 6.45) is 2.58. The molecule has 0 spiro atoms. The van der Waals surface area contributed by atoms with E-state index in [4.69, 9.17) is 9.84 Å². The third kappa shape index (κ3) is 7.58. The maximum Gasteiger partial charge on any atom is 0.328 e. The smallest absolute Gasteiger partial charge is 0.328 e. The zero-order valence-corrected chi connectivity index (χ0v) is 12.7. The topological polar surface area (TPSA) is 49.8 Å². The van der Waals surface area contributed by atoms with Crippen molar-refractivity contribution in [2.45, 2.75) is 26.5 Å². The second-order valence-electron chi connectivity index (χ2n) is 5.22. The van der Waals surface area contributed by atoms with E-state index in [0.29, 0.717) is 18.7 Å². The van der Waals surface area contributed by atoms with Crippen LogP contribution in [0.3, 0.4) is 0 Å². The van der Waals surface area contributed by atoms with E-state index >= 15 is 0 Å². The normalized spacial score (nSPS) is 11.7. The first-order chi connectivity index (χ1) is 9.86. The molecule has 5 heteroatoms. The molecule has 21 heavy (non-hydrogen) atoms. The number of benzene rings is 1. The number of halogens is 1. The van der Waals surface area contributed by atoms with Crippen molar-refractivity contribution in [1.29, 1.82) is 0 Å². The lowest BCUT2D eigenvalue weighted by Gasteiger charge is -2.18. The van der Waals surface area contributed by atoms with E-state index in [2.05, 4.69) is 0 Å². The van der Waals surface area contributed by atoms with Gasteiger partial charge in [0, 0.05) is 19.2 Å². The van der Waals surface area contributed by atoms with Crippen molar-refractivity contribution >= 4 is 12.0 Å². The zero-order valence-electron chi connectivity index (χ0n) is 12.7. The van der Waals surface area contributed by atoms with Crippen LogP contribution in [0.25, 0.3) is 6.08 Å². The predicted octanol–water partition coefficient (Wildman–Crippen LogP) is 2.78. The van der Waals surface area contributed by atoms with Gasteiger partial charge in [-0.05, 0) is 50.2 Å². The molecule has 0 saturated carbocycles. The Morgan fingerprint density at radius 3 is 2.76 bits per heavy atom. The minimum Gasteiger partial charge on any atom is -0.478 e. The van der Waals surface area contributed by atoms with Crippen LogP contribution in [0.1, 0.15) is 25.0 Å². The van der Waals surface area contributed by atoms with Gasteiger partial charge in [-0.2, -0.15) is 0 Å². The van der Waals surface area contributed by atoms with Gasteiger partial charge in [0.2, 0.25) is 0 Å². The Bertz CT molecular complexity index is 500. The quantitative estimate of drug-likeness (QED) is 0.749. The molecule has 0 aromatic heterocycles. The van der Waals surface area contributed by atoms with Gasteiger partial charge in [-0.25, -0.2) is 9.18 Å². The van der Waals surface area contributed by atoms with Gasteiger partial charge in [-0.1, -0.05) is 6.07 Å². The summed E-state index contributed by atoms with van der Waals surface area (Å²) in [6, 6.07) is 4.55. The maximum atomic E-state index is 13.5. The number of carboxylic acid groups (broad SMARTS) is 1. The highest BCUT2D eigenvalue weighted by molar-refractivity contribution is 5.85. The lowest BCUT2D eigenvalue weighted by molar-refractivity contribution is -0.131. The molecule has 0 heterocycles. The van der Waals surface area contributed by atoms with E-state index in [1.807, 2.05) is 25.8 Å². The first kappa shape index (κ1) is 17.3. The molecule has 4 nitrogen and oxygen atoms in total. The second kappa shape index (κ2) is 8.54. The van der Waals surface area contributed by atoms with Crippen molar-refractivity contribution in [2.75, 3.05) is 20.2 Å². The summed E-state index contributed by atoms with van der Waals surface area (Å²) in [6.45, 7) is 5.90. The van der Waals surface area contributed by atoms with E-state index < -0.39 is 5.97 Å². The summed E-state index contributed by atoms with van der Waals surface area (Å²) in [7, 11) is 1.93. The van der Waals surface area contributed by atoms with Crippen molar-refractivity contribution in [3.05, 3.63) is 41.2 Å². The van der Waals surface area contributed by atoms with Crippen molar-refractivity contribution in [2.24, 2.45) is 0 Å². The molecule has 0 aliphatic heterocycles. The number of likely N-dealkylation sites (N-methyl/N-ethyl adjacent to an activating group) is 1. The van der Waals surface area contributed by atoms with Crippen LogP contribution in [-0.4, -0.2) is 42.3 Å². The monoisotopic (exact) mass is 295 g/mol. The first-order valence-electron chi connectivity index (χ1n) is 6.87. The van der Waals surface area contributed by atoms with E-state index in [0.717, 1.165) is 18.2 Å². The standard InChI is InChI=1S/C16H22FNO3/c1-12(2)21-7-6-18(3)11-14-8-13(4-5-16(19)20)9-15(17)10-14/h4-5,8-10,12H,6-7,11H2,1-3H3,(H,19,20)/b5-4+. The minimum atomic E-state index is -1.05. The molecule has 0 atom stereocenters. The molecule has 1 N–H and O–H groups in total. The summed E-state index contributed by atoms with van der Waals surface area (Å²) >= 11 is 0. The highest BCUT2D eigenvalue weighted by Crippen LogP contribution is 2.12. The fourth-order valence-corrected chi connectivity index (χ4v) is 1.87. The molecule has 1 aromatic carbocycles. The van der Waals surface area contributed by atoms with E-state index in [1.165, 1.54) is 18.2 Å². The van der Waals surface area contributed by atoms with Gasteiger partial charge in [-0.15, -0.1) is 0 Å². The second-order valence-corrected chi connectivity index (χ2v) is 5.22. The number of aliphatic carboxylic acids is 1. The number of carbonyl (C=O) groups is 1. The van der Waals surface area contributed by atoms with Crippen LogP contribution in [0, 0.1) is 5.82 Å². The van der Waals surface area contributed by atoms with Crippen LogP contribution < -0.4 is 0 Å². The van der Waals surface area contributed by atoms with Crippen molar-refractivity contribution < 1.29 is 19.0 Å². The number of ether oxygens (including phenoxy) is 1. The molecular formula is C16H22FNO3. The molecule has 0 saturated heterocycles. The number of carboxylic acids is 1. The Balaban J connectivity index is 2.63. The van der Waals surface area contributed by atoms with Gasteiger partial charge in [0.05, 0.1) is 12.7 Å². The van der Waals surface area contributed by atoms with Gasteiger partial charge in [0.15, 0.2) is 0 Å². The molecule has 0 aliphatic carbocycles. The predicted molar refractivity (Wildman–Crippen MR) is 80.5 cm³/mol. The number of hydrogen-bond donors (Lipinski definition) is 1. The molecule has 1 aromatic rings. The minimum absolute atomic E-state index is 0.195. The number of hydrogen-bond acceptors (Lipinski definition) is 3. The number of rotatable bonds is 8. The average Bonchev–Trinajstić information content (AvgIpc) is 2.35. The van der Waals surface area contributed by atoms with Crippen LogP contribution in [0.2, 0.25) is 0 Å². The van der Waals surface area contributed by atoms with Crippen molar-refractivity contribution in [1.82, 2.24) is 4.90 Å². The van der Waals surface area contributed by atoms with E-state index in [-0.39, 0.29) is 11.9 Å². The van der Waals surface area contributed by atoms with Gasteiger partial charge < -0.3 is 9.84 Å². The molecule has 0 unspecified atom stereocenters. The molecule has 0 aliphatic rings. The Labute approximate surface area is 124 Å². The lowest BCUT2D eigenvalue weighted by atomic mass is 10.1. The summed E-state index contributed by atoms with van der Waals surface area (Å²) < 4.78 is 19.0. The average molecular weight is 295 g/mol. The maximum absolute atomic E-state index is 13.5. The Morgan fingerprint density at radius 1 is 1.43 bits per heavy atom. The van der Waals surface area contributed by atoms with Crippen LogP contribution in [0.15, 0.2) is 24.3 Å². The van der Waals surface area contributed by atoms with Crippen molar-refractivity contribution in [3.63, 3.8) is 0 Å². The third-order valence-electron chi connectivity index (χ3n) is 2.77. The fourth-order valence-electron chi connectivity index (χ4n) is 1.87. The van der Waals surface area contributed by atoms with Crippen LogP contribution in [-0.2, 0) is 16.1 Å². The summed E-state index contributed by atoms with van der Waals surface area (Å²) in [4.78, 5) is 12.5. The van der Waals surface area contributed by atoms with Crippen LogP contribution in [0.4, 0.5) is 4.39 Å². The zero-order chi connectivity index (χ0) is 15.8. The van der Waals surface area contributed by atoms with Gasteiger partial charge in [-0.3, -0.25) is 4.90 Å². The first-order valence-corrected chi connectivity index (χ1v) is 6.87. The molecule has 0 bridgehead atoms. The summed E-state index contributed by atoms with van der Waals surface area (Å²) in [5, 5.41) is 8.60. The largest absolute Gasteiger partial charge is 0.478 e. The molecule has 0 fully saturated rings. The van der Waals surface area contributed by atoms with Crippen LogP contribution >= 0.6 is 0 Å². The summed E-state index contributed by atoms with van der Waals surface area (Å²) in [5.41, 5.74) is 1.34. The molecule has 116 valence electrons. The van der Waals surface area contributed by atoms with Gasteiger partial charge in [0.25, 0.3) is 0 Å². The van der Waals surface area contributed by atoms with Gasteiger partial charge >= 0.3 is 5.97 Å². The van der Waals surface area contributed by atoms with Crippen LogP contribution in [0.5, 0.6) is 0 Å². The summed E-state index contributed by atoms with van der Waals surface area (Å²) in [5.74, 6) is -1.42. The molecular weight excluding hydrogens is 273 g/mol. The molecule has 0 amide bonds. The van der Waals surface area contributed by atoms with Gasteiger partial charge in [0.1, 0.15) is 5.82 Å². The highest BCUT2D eigenvalue weighted by atomic mass is 19.1. The van der Waals surface area contributed by atoms with E-state index in [9.17, 15) is 9.18 Å². The Morgan fingerprint density at radius 2 is 2.14 bits per heavy atom. The van der Waals surface area contributed by atoms with E-state index in [1.54, 1.807) is 6.07 Å². The SMILES string of the molecule is CC(C)OCCN(C)Cc1cc(F)cc(/C=C/C(=O)O)c1. The number of nitrogens with zero attached hydrogens (tertiary/aromatic N) is 1. The van der Waals surface area contributed by atoms with Crippen molar-refractivity contribution in [3.8, 4) is 0 Å². The Kier molecular flexibility index (Phi) is 7.05. The highest BCUT2D eigenvalue weighted by Gasteiger charge is 2.04. The fraction of sp³-hybridized carbons (Fsp3) is 0.438. The Hall–Kier alpha value is -1.72.